The summed E-state index contributed by atoms with van der Waals surface area (Å²) in [4.78, 5) is 21.6. The molecule has 0 atom stereocenters. The van der Waals surface area contributed by atoms with Crippen LogP contribution in [-0.4, -0.2) is 49.1 Å². The van der Waals surface area contributed by atoms with E-state index in [1.54, 1.807) is 7.11 Å². The van der Waals surface area contributed by atoms with Crippen LogP contribution in [0.2, 0.25) is 0 Å². The number of carbonyl (C=O) groups excluding carboxylic acids is 1. The van der Waals surface area contributed by atoms with Crippen molar-refractivity contribution in [3.63, 3.8) is 0 Å². The fourth-order valence-electron chi connectivity index (χ4n) is 3.49. The summed E-state index contributed by atoms with van der Waals surface area (Å²) in [5.41, 5.74) is 2.77. The lowest BCUT2D eigenvalue weighted by atomic mass is 10.1. The molecule has 0 aliphatic carbocycles. The van der Waals surface area contributed by atoms with Gasteiger partial charge in [0.2, 0.25) is 0 Å². The Bertz CT molecular complexity index is 928. The zero-order chi connectivity index (χ0) is 17.9. The van der Waals surface area contributed by atoms with Crippen LogP contribution in [0, 0.1) is 0 Å². The van der Waals surface area contributed by atoms with E-state index in [0.29, 0.717) is 24.4 Å². The van der Waals surface area contributed by atoms with Gasteiger partial charge < -0.3 is 14.5 Å². The van der Waals surface area contributed by atoms with Crippen LogP contribution >= 0.6 is 0 Å². The van der Waals surface area contributed by atoms with E-state index in [2.05, 4.69) is 34.1 Å². The number of fused-ring (bicyclic) bond motifs is 1. The average molecular weight is 347 g/mol. The number of amides is 1. The lowest BCUT2D eigenvalue weighted by Crippen LogP contribution is -2.49. The SMILES string of the molecule is COc1ccccc1C(=O)N1CCN(c2cccc3cccnc23)CC1. The minimum Gasteiger partial charge on any atom is -0.496 e. The Morgan fingerprint density at radius 3 is 2.54 bits per heavy atom. The summed E-state index contributed by atoms with van der Waals surface area (Å²) in [5, 5.41) is 1.14. The molecule has 3 aromatic rings. The molecule has 0 N–H and O–H groups in total. The van der Waals surface area contributed by atoms with Gasteiger partial charge in [0.05, 0.1) is 23.9 Å². The van der Waals surface area contributed by atoms with Crippen molar-refractivity contribution in [3.05, 3.63) is 66.4 Å². The maximum absolute atomic E-state index is 12.9. The van der Waals surface area contributed by atoms with Gasteiger partial charge in [0.15, 0.2) is 0 Å². The quantitative estimate of drug-likeness (QED) is 0.730. The third-order valence-corrected chi connectivity index (χ3v) is 4.86. The van der Waals surface area contributed by atoms with E-state index < -0.39 is 0 Å². The molecule has 4 rings (SSSR count). The second-order valence-electron chi connectivity index (χ2n) is 6.33. The third-order valence-electron chi connectivity index (χ3n) is 4.86. The Hall–Kier alpha value is -3.08. The van der Waals surface area contributed by atoms with Gasteiger partial charge in [-0.15, -0.1) is 0 Å². The zero-order valence-electron chi connectivity index (χ0n) is 14.8. The second kappa shape index (κ2) is 7.04. The van der Waals surface area contributed by atoms with E-state index in [1.807, 2.05) is 41.4 Å². The molecule has 1 aromatic heterocycles. The van der Waals surface area contributed by atoms with Crippen LogP contribution in [0.5, 0.6) is 5.75 Å². The van der Waals surface area contributed by atoms with Crippen LogP contribution in [0.1, 0.15) is 10.4 Å². The molecule has 1 fully saturated rings. The Morgan fingerprint density at radius 2 is 1.73 bits per heavy atom. The number of methoxy groups -OCH3 is 1. The Labute approximate surface area is 152 Å². The molecule has 0 spiro atoms. The van der Waals surface area contributed by atoms with Crippen LogP contribution < -0.4 is 9.64 Å². The van der Waals surface area contributed by atoms with Crippen molar-refractivity contribution in [2.24, 2.45) is 0 Å². The number of hydrogen-bond donors (Lipinski definition) is 0. The van der Waals surface area contributed by atoms with Crippen molar-refractivity contribution in [1.29, 1.82) is 0 Å². The highest BCUT2D eigenvalue weighted by Gasteiger charge is 2.25. The number of benzene rings is 2. The zero-order valence-corrected chi connectivity index (χ0v) is 14.8. The Morgan fingerprint density at radius 1 is 0.962 bits per heavy atom. The first-order chi connectivity index (χ1) is 12.8. The van der Waals surface area contributed by atoms with Crippen molar-refractivity contribution in [2.45, 2.75) is 0 Å². The van der Waals surface area contributed by atoms with Crippen molar-refractivity contribution < 1.29 is 9.53 Å². The smallest absolute Gasteiger partial charge is 0.257 e. The normalized spacial score (nSPS) is 14.5. The number of para-hydroxylation sites is 2. The van der Waals surface area contributed by atoms with Gasteiger partial charge in [0.25, 0.3) is 5.91 Å². The van der Waals surface area contributed by atoms with E-state index >= 15 is 0 Å². The van der Waals surface area contributed by atoms with Crippen molar-refractivity contribution in [2.75, 3.05) is 38.2 Å². The molecule has 0 unspecified atom stereocenters. The Balaban J connectivity index is 1.51. The van der Waals surface area contributed by atoms with Crippen molar-refractivity contribution in [3.8, 4) is 5.75 Å². The number of anilines is 1. The molecule has 5 heteroatoms. The summed E-state index contributed by atoms with van der Waals surface area (Å²) in [5.74, 6) is 0.649. The van der Waals surface area contributed by atoms with Gasteiger partial charge >= 0.3 is 0 Å². The fourth-order valence-corrected chi connectivity index (χ4v) is 3.49. The molecule has 1 amide bonds. The molecule has 5 nitrogen and oxygen atoms in total. The van der Waals surface area contributed by atoms with E-state index in [-0.39, 0.29) is 5.91 Å². The topological polar surface area (TPSA) is 45.7 Å². The molecule has 132 valence electrons. The number of rotatable bonds is 3. The summed E-state index contributed by atoms with van der Waals surface area (Å²) in [6.45, 7) is 2.94. The van der Waals surface area contributed by atoms with Gasteiger partial charge in [0.1, 0.15) is 5.75 Å². The predicted octanol–water partition coefficient (Wildman–Crippen LogP) is 3.21. The van der Waals surface area contributed by atoms with Crippen LogP contribution in [0.4, 0.5) is 5.69 Å². The number of aromatic nitrogens is 1. The van der Waals surface area contributed by atoms with Crippen LogP contribution in [0.25, 0.3) is 10.9 Å². The molecule has 0 radical (unpaired) electrons. The van der Waals surface area contributed by atoms with E-state index in [9.17, 15) is 4.79 Å². The number of piperazine rings is 1. The number of ether oxygens (including phenoxy) is 1. The lowest BCUT2D eigenvalue weighted by molar-refractivity contribution is 0.0743. The fraction of sp³-hybridized carbons (Fsp3) is 0.238. The molecule has 2 heterocycles. The summed E-state index contributed by atoms with van der Waals surface area (Å²) >= 11 is 0. The van der Waals surface area contributed by atoms with E-state index in [0.717, 1.165) is 29.7 Å². The minimum atomic E-state index is 0.0261. The maximum Gasteiger partial charge on any atom is 0.257 e. The predicted molar refractivity (Wildman–Crippen MR) is 103 cm³/mol. The molecule has 2 aromatic carbocycles. The summed E-state index contributed by atoms with van der Waals surface area (Å²) in [7, 11) is 1.59. The molecular formula is C21H21N3O2. The first kappa shape index (κ1) is 16.4. The second-order valence-corrected chi connectivity index (χ2v) is 6.33. The lowest BCUT2D eigenvalue weighted by Gasteiger charge is -2.36. The third kappa shape index (κ3) is 2.96. The molecular weight excluding hydrogens is 326 g/mol. The standard InChI is InChI=1S/C21H21N3O2/c1-26-19-10-3-2-8-17(19)21(25)24-14-12-23(13-15-24)18-9-4-6-16-7-5-11-22-20(16)18/h2-11H,12-15H2,1H3. The average Bonchev–Trinajstić information content (AvgIpc) is 2.73. The first-order valence-electron chi connectivity index (χ1n) is 8.79. The van der Waals surface area contributed by atoms with E-state index in [4.69, 9.17) is 4.74 Å². The summed E-state index contributed by atoms with van der Waals surface area (Å²) in [6, 6.07) is 17.7. The molecule has 0 bridgehead atoms. The number of hydrogen-bond acceptors (Lipinski definition) is 4. The number of nitrogens with zero attached hydrogens (tertiary/aromatic N) is 3. The summed E-state index contributed by atoms with van der Waals surface area (Å²) in [6.07, 6.45) is 1.83. The Kier molecular flexibility index (Phi) is 4.44. The van der Waals surface area contributed by atoms with Gasteiger partial charge in [0, 0.05) is 37.8 Å². The van der Waals surface area contributed by atoms with E-state index in [1.165, 1.54) is 0 Å². The van der Waals surface area contributed by atoms with Gasteiger partial charge in [-0.3, -0.25) is 9.78 Å². The maximum atomic E-state index is 12.9. The molecule has 26 heavy (non-hydrogen) atoms. The highest BCUT2D eigenvalue weighted by atomic mass is 16.5. The first-order valence-corrected chi connectivity index (χ1v) is 8.79. The van der Waals surface area contributed by atoms with Crippen molar-refractivity contribution >= 4 is 22.5 Å². The van der Waals surface area contributed by atoms with Gasteiger partial charge in [-0.25, -0.2) is 0 Å². The molecule has 1 aliphatic heterocycles. The highest BCUT2D eigenvalue weighted by molar-refractivity contribution is 5.97. The number of pyridine rings is 1. The largest absolute Gasteiger partial charge is 0.496 e. The summed E-state index contributed by atoms with van der Waals surface area (Å²) < 4.78 is 5.33. The van der Waals surface area contributed by atoms with Crippen LogP contribution in [-0.2, 0) is 0 Å². The number of carbonyl (C=O) groups is 1. The van der Waals surface area contributed by atoms with Crippen LogP contribution in [0.15, 0.2) is 60.8 Å². The van der Waals surface area contributed by atoms with Crippen molar-refractivity contribution in [1.82, 2.24) is 9.88 Å². The molecule has 1 aliphatic rings. The molecule has 1 saturated heterocycles. The monoisotopic (exact) mass is 347 g/mol. The molecule has 0 saturated carbocycles. The van der Waals surface area contributed by atoms with Crippen LogP contribution in [0.3, 0.4) is 0 Å². The van der Waals surface area contributed by atoms with Gasteiger partial charge in [-0.2, -0.15) is 0 Å². The highest BCUT2D eigenvalue weighted by Crippen LogP contribution is 2.26. The minimum absolute atomic E-state index is 0.0261. The van der Waals surface area contributed by atoms with Gasteiger partial charge in [-0.1, -0.05) is 30.3 Å². The van der Waals surface area contributed by atoms with Gasteiger partial charge in [-0.05, 0) is 24.3 Å².